The second-order valence-electron chi connectivity index (χ2n) is 7.53. The molecule has 2 atom stereocenters. The molecule has 1 aromatic carbocycles. The maximum absolute atomic E-state index is 13.2. The number of fused-ring (bicyclic) bond motifs is 1. The van der Waals surface area contributed by atoms with Crippen molar-refractivity contribution in [3.63, 3.8) is 0 Å². The molecule has 25 heavy (non-hydrogen) atoms. The van der Waals surface area contributed by atoms with Crippen LogP contribution in [0, 0.1) is 12.8 Å². The summed E-state index contributed by atoms with van der Waals surface area (Å²) in [5, 5.41) is 0. The average Bonchev–Trinajstić information content (AvgIpc) is 3.28. The van der Waals surface area contributed by atoms with Gasteiger partial charge in [0.2, 0.25) is 10.0 Å². The summed E-state index contributed by atoms with van der Waals surface area (Å²) in [4.78, 5) is 2.50. The minimum absolute atomic E-state index is 0.0655. The standard InChI is InChI=1S/C17H24N2O4S2/c1-13-4-2-3-5-17(13)25(22,23)19-9-8-18(10-14-6-7-14)15-11-24(20,21)12-16(15)19/h2-5,14-16H,6-12H2,1H3/t15-,16+/m1/s1. The lowest BCUT2D eigenvalue weighted by atomic mass is 10.1. The average molecular weight is 385 g/mol. The monoisotopic (exact) mass is 384 g/mol. The van der Waals surface area contributed by atoms with Crippen molar-refractivity contribution in [3.05, 3.63) is 29.8 Å². The van der Waals surface area contributed by atoms with Gasteiger partial charge in [-0.15, -0.1) is 0 Å². The van der Waals surface area contributed by atoms with Gasteiger partial charge in [0.15, 0.2) is 9.84 Å². The predicted molar refractivity (Wildman–Crippen MR) is 95.6 cm³/mol. The van der Waals surface area contributed by atoms with E-state index in [0.717, 1.165) is 6.54 Å². The molecule has 1 aromatic rings. The highest BCUT2D eigenvalue weighted by atomic mass is 32.2. The van der Waals surface area contributed by atoms with Gasteiger partial charge in [0.25, 0.3) is 0 Å². The minimum Gasteiger partial charge on any atom is -0.296 e. The Kier molecular flexibility index (Phi) is 4.22. The molecule has 0 bridgehead atoms. The van der Waals surface area contributed by atoms with E-state index < -0.39 is 25.9 Å². The van der Waals surface area contributed by atoms with Crippen LogP contribution in [0.2, 0.25) is 0 Å². The van der Waals surface area contributed by atoms with E-state index in [-0.39, 0.29) is 22.4 Å². The van der Waals surface area contributed by atoms with Gasteiger partial charge in [-0.25, -0.2) is 16.8 Å². The van der Waals surface area contributed by atoms with Crippen molar-refractivity contribution < 1.29 is 16.8 Å². The highest BCUT2D eigenvalue weighted by Crippen LogP contribution is 2.36. The summed E-state index contributed by atoms with van der Waals surface area (Å²) in [5.41, 5.74) is 0.695. The first-order chi connectivity index (χ1) is 11.8. The quantitative estimate of drug-likeness (QED) is 0.770. The predicted octanol–water partition coefficient (Wildman–Crippen LogP) is 0.877. The molecule has 0 unspecified atom stereocenters. The van der Waals surface area contributed by atoms with Crippen LogP contribution in [-0.4, -0.2) is 69.3 Å². The van der Waals surface area contributed by atoms with Crippen LogP contribution in [0.15, 0.2) is 29.2 Å². The highest BCUT2D eigenvalue weighted by Gasteiger charge is 2.51. The van der Waals surface area contributed by atoms with E-state index in [1.165, 1.54) is 17.1 Å². The van der Waals surface area contributed by atoms with Crippen LogP contribution in [0.4, 0.5) is 0 Å². The zero-order valence-electron chi connectivity index (χ0n) is 14.3. The molecule has 0 amide bonds. The van der Waals surface area contributed by atoms with Crippen LogP contribution < -0.4 is 0 Å². The Morgan fingerprint density at radius 1 is 1.08 bits per heavy atom. The third kappa shape index (κ3) is 3.25. The summed E-state index contributed by atoms with van der Waals surface area (Å²) < 4.78 is 52.4. The Hall–Kier alpha value is -0.960. The fourth-order valence-electron chi connectivity index (χ4n) is 4.12. The molecule has 4 rings (SSSR count). The molecule has 2 saturated heterocycles. The fourth-order valence-corrected chi connectivity index (χ4v) is 8.10. The molecule has 1 saturated carbocycles. The Morgan fingerprint density at radius 2 is 1.76 bits per heavy atom. The topological polar surface area (TPSA) is 74.8 Å². The van der Waals surface area contributed by atoms with Gasteiger partial charge in [0.1, 0.15) is 0 Å². The number of sulfone groups is 1. The van der Waals surface area contributed by atoms with Crippen molar-refractivity contribution in [2.45, 2.75) is 36.7 Å². The molecule has 3 fully saturated rings. The van der Waals surface area contributed by atoms with E-state index in [0.29, 0.717) is 24.6 Å². The van der Waals surface area contributed by atoms with Crippen LogP contribution >= 0.6 is 0 Å². The Labute approximate surface area is 149 Å². The summed E-state index contributed by atoms with van der Waals surface area (Å²) in [6.07, 6.45) is 2.40. The number of aryl methyl sites for hydroxylation is 1. The van der Waals surface area contributed by atoms with Crippen molar-refractivity contribution in [1.82, 2.24) is 9.21 Å². The van der Waals surface area contributed by atoms with Crippen molar-refractivity contribution >= 4 is 19.9 Å². The van der Waals surface area contributed by atoms with E-state index in [1.54, 1.807) is 25.1 Å². The first-order valence-electron chi connectivity index (χ1n) is 8.80. The van der Waals surface area contributed by atoms with E-state index in [1.807, 2.05) is 6.07 Å². The maximum atomic E-state index is 13.2. The first kappa shape index (κ1) is 17.5. The summed E-state index contributed by atoms with van der Waals surface area (Å²) >= 11 is 0. The molecule has 6 nitrogen and oxygen atoms in total. The van der Waals surface area contributed by atoms with Gasteiger partial charge >= 0.3 is 0 Å². The lowest BCUT2D eigenvalue weighted by molar-refractivity contribution is 0.0912. The zero-order valence-corrected chi connectivity index (χ0v) is 16.0. The van der Waals surface area contributed by atoms with Gasteiger partial charge in [0.05, 0.1) is 22.4 Å². The Morgan fingerprint density at radius 3 is 2.44 bits per heavy atom. The van der Waals surface area contributed by atoms with Crippen LogP contribution in [-0.2, 0) is 19.9 Å². The van der Waals surface area contributed by atoms with E-state index >= 15 is 0 Å². The lowest BCUT2D eigenvalue weighted by Gasteiger charge is -2.43. The number of benzene rings is 1. The third-order valence-corrected chi connectivity index (χ3v) is 9.39. The summed E-state index contributed by atoms with van der Waals surface area (Å²) in [5.74, 6) is 0.664. The van der Waals surface area contributed by atoms with Gasteiger partial charge in [-0.1, -0.05) is 18.2 Å². The molecule has 3 aliphatic rings. The molecule has 0 spiro atoms. The molecule has 138 valence electrons. The van der Waals surface area contributed by atoms with Crippen molar-refractivity contribution in [2.75, 3.05) is 31.1 Å². The molecule has 0 radical (unpaired) electrons. The van der Waals surface area contributed by atoms with Crippen molar-refractivity contribution in [2.24, 2.45) is 5.92 Å². The Balaban J connectivity index is 1.67. The van der Waals surface area contributed by atoms with E-state index in [9.17, 15) is 16.8 Å². The molecular formula is C17H24N2O4S2. The van der Waals surface area contributed by atoms with Crippen LogP contribution in [0.25, 0.3) is 0 Å². The van der Waals surface area contributed by atoms with Crippen molar-refractivity contribution in [1.29, 1.82) is 0 Å². The summed E-state index contributed by atoms with van der Waals surface area (Å²) in [6, 6.07) is 6.23. The molecule has 2 heterocycles. The number of hydrogen-bond donors (Lipinski definition) is 0. The maximum Gasteiger partial charge on any atom is 0.243 e. The van der Waals surface area contributed by atoms with Crippen LogP contribution in [0.3, 0.4) is 0 Å². The van der Waals surface area contributed by atoms with Crippen LogP contribution in [0.5, 0.6) is 0 Å². The van der Waals surface area contributed by atoms with Gasteiger partial charge in [-0.3, -0.25) is 4.90 Å². The van der Waals surface area contributed by atoms with E-state index in [4.69, 9.17) is 0 Å². The smallest absolute Gasteiger partial charge is 0.243 e. The third-order valence-electron chi connectivity index (χ3n) is 5.61. The Bertz CT molecular complexity index is 878. The summed E-state index contributed by atoms with van der Waals surface area (Å²) in [7, 11) is -6.90. The molecular weight excluding hydrogens is 360 g/mol. The number of rotatable bonds is 4. The van der Waals surface area contributed by atoms with Crippen LogP contribution in [0.1, 0.15) is 18.4 Å². The normalized spacial score (nSPS) is 30.3. The zero-order chi connectivity index (χ0) is 17.8. The number of nitrogens with zero attached hydrogens (tertiary/aromatic N) is 2. The highest BCUT2D eigenvalue weighted by molar-refractivity contribution is 7.92. The molecule has 0 N–H and O–H groups in total. The number of hydrogen-bond acceptors (Lipinski definition) is 5. The molecule has 0 aromatic heterocycles. The number of sulfonamides is 1. The number of piperazine rings is 1. The second-order valence-corrected chi connectivity index (χ2v) is 11.5. The molecule has 2 aliphatic heterocycles. The molecule has 8 heteroatoms. The SMILES string of the molecule is Cc1ccccc1S(=O)(=O)N1CCN(CC2CC2)[C@@H]2CS(=O)(=O)C[C@@H]21. The van der Waals surface area contributed by atoms with E-state index in [2.05, 4.69) is 4.90 Å². The minimum atomic E-state index is -3.69. The fraction of sp³-hybridized carbons (Fsp3) is 0.647. The van der Waals surface area contributed by atoms with Gasteiger partial charge in [-0.05, 0) is 37.3 Å². The van der Waals surface area contributed by atoms with Gasteiger partial charge in [-0.2, -0.15) is 4.31 Å². The molecule has 1 aliphatic carbocycles. The van der Waals surface area contributed by atoms with Crippen molar-refractivity contribution in [3.8, 4) is 0 Å². The largest absolute Gasteiger partial charge is 0.296 e. The lowest BCUT2D eigenvalue weighted by Crippen LogP contribution is -2.60. The van der Waals surface area contributed by atoms with Gasteiger partial charge in [0, 0.05) is 25.7 Å². The summed E-state index contributed by atoms with van der Waals surface area (Å²) in [6.45, 7) is 3.65. The first-order valence-corrected chi connectivity index (χ1v) is 12.1. The van der Waals surface area contributed by atoms with Gasteiger partial charge < -0.3 is 0 Å². The second kappa shape index (κ2) is 6.04.